The SMILES string of the molecule is Clc1cc(Cl)c(NCc2cccc(C3CC3)c2)c(Cl)c1. The van der Waals surface area contributed by atoms with Crippen molar-refractivity contribution < 1.29 is 0 Å². The molecular formula is C16H14Cl3N. The maximum Gasteiger partial charge on any atom is 0.0722 e. The van der Waals surface area contributed by atoms with Crippen LogP contribution in [-0.4, -0.2) is 0 Å². The molecule has 0 bridgehead atoms. The van der Waals surface area contributed by atoms with Gasteiger partial charge in [-0.1, -0.05) is 59.1 Å². The van der Waals surface area contributed by atoms with Gasteiger partial charge >= 0.3 is 0 Å². The van der Waals surface area contributed by atoms with E-state index in [2.05, 4.69) is 29.6 Å². The smallest absolute Gasteiger partial charge is 0.0722 e. The fourth-order valence-electron chi connectivity index (χ4n) is 2.28. The molecule has 0 aromatic heterocycles. The number of halogens is 3. The molecule has 0 spiro atoms. The van der Waals surface area contributed by atoms with Crippen LogP contribution in [0.15, 0.2) is 36.4 Å². The van der Waals surface area contributed by atoms with Crippen LogP contribution in [0.25, 0.3) is 0 Å². The molecule has 4 heteroatoms. The van der Waals surface area contributed by atoms with Gasteiger partial charge < -0.3 is 5.32 Å². The maximum absolute atomic E-state index is 6.16. The van der Waals surface area contributed by atoms with Gasteiger partial charge in [-0.2, -0.15) is 0 Å². The first-order valence-electron chi connectivity index (χ1n) is 6.61. The summed E-state index contributed by atoms with van der Waals surface area (Å²) in [6, 6.07) is 12.0. The molecule has 0 unspecified atom stereocenters. The third-order valence-corrected chi connectivity index (χ3v) is 4.29. The minimum Gasteiger partial charge on any atom is -0.379 e. The van der Waals surface area contributed by atoms with Gasteiger partial charge in [0.2, 0.25) is 0 Å². The first kappa shape index (κ1) is 14.1. The van der Waals surface area contributed by atoms with E-state index in [1.54, 1.807) is 12.1 Å². The number of benzene rings is 2. The third-order valence-electron chi connectivity index (χ3n) is 3.48. The first-order chi connectivity index (χ1) is 9.63. The number of rotatable bonds is 4. The lowest BCUT2D eigenvalue weighted by molar-refractivity contribution is 1.09. The normalized spacial score (nSPS) is 14.3. The Hall–Kier alpha value is -0.890. The fourth-order valence-corrected chi connectivity index (χ4v) is 3.23. The average molecular weight is 327 g/mol. The van der Waals surface area contributed by atoms with Crippen LogP contribution in [0.4, 0.5) is 5.69 Å². The summed E-state index contributed by atoms with van der Waals surface area (Å²) in [6.45, 7) is 0.696. The van der Waals surface area contributed by atoms with E-state index in [1.165, 1.54) is 24.0 Å². The van der Waals surface area contributed by atoms with Crippen LogP contribution in [0.5, 0.6) is 0 Å². The predicted octanol–water partition coefficient (Wildman–Crippen LogP) is 6.14. The van der Waals surface area contributed by atoms with Gasteiger partial charge in [-0.25, -0.2) is 0 Å². The lowest BCUT2D eigenvalue weighted by Crippen LogP contribution is -2.01. The maximum atomic E-state index is 6.16. The molecule has 2 aromatic carbocycles. The topological polar surface area (TPSA) is 12.0 Å². The van der Waals surface area contributed by atoms with E-state index in [-0.39, 0.29) is 0 Å². The van der Waals surface area contributed by atoms with Crippen LogP contribution in [0, 0.1) is 0 Å². The molecule has 1 aliphatic carbocycles. The van der Waals surface area contributed by atoms with Crippen molar-refractivity contribution in [1.29, 1.82) is 0 Å². The number of hydrogen-bond acceptors (Lipinski definition) is 1. The van der Waals surface area contributed by atoms with Gasteiger partial charge in [0.1, 0.15) is 0 Å². The van der Waals surface area contributed by atoms with E-state index in [0.717, 1.165) is 11.6 Å². The van der Waals surface area contributed by atoms with Crippen LogP contribution < -0.4 is 5.32 Å². The van der Waals surface area contributed by atoms with Crippen molar-refractivity contribution in [2.45, 2.75) is 25.3 Å². The lowest BCUT2D eigenvalue weighted by Gasteiger charge is -2.11. The third kappa shape index (κ3) is 3.22. The zero-order valence-corrected chi connectivity index (χ0v) is 13.1. The van der Waals surface area contributed by atoms with E-state index in [1.807, 2.05) is 0 Å². The van der Waals surface area contributed by atoms with Gasteiger partial charge in [-0.3, -0.25) is 0 Å². The summed E-state index contributed by atoms with van der Waals surface area (Å²) in [7, 11) is 0. The second kappa shape index (κ2) is 5.85. The summed E-state index contributed by atoms with van der Waals surface area (Å²) in [5.74, 6) is 0.762. The molecule has 2 aromatic rings. The monoisotopic (exact) mass is 325 g/mol. The minimum absolute atomic E-state index is 0.542. The highest BCUT2D eigenvalue weighted by molar-refractivity contribution is 6.41. The summed E-state index contributed by atoms with van der Waals surface area (Å²) in [4.78, 5) is 0. The zero-order valence-electron chi connectivity index (χ0n) is 10.8. The molecule has 0 aliphatic heterocycles. The summed E-state index contributed by atoms with van der Waals surface area (Å²) in [5, 5.41) is 4.92. The van der Waals surface area contributed by atoms with Gasteiger partial charge in [0.05, 0.1) is 15.7 Å². The zero-order chi connectivity index (χ0) is 14.1. The standard InChI is InChI=1S/C16H14Cl3N/c17-13-7-14(18)16(15(19)8-13)20-9-10-2-1-3-12(6-10)11-4-5-11/h1-3,6-8,11,20H,4-5,9H2. The molecule has 0 heterocycles. The molecule has 1 aliphatic rings. The molecule has 3 rings (SSSR count). The molecule has 0 atom stereocenters. The van der Waals surface area contributed by atoms with Crippen LogP contribution in [-0.2, 0) is 6.54 Å². The molecule has 0 saturated heterocycles. The second-order valence-corrected chi connectivity index (χ2v) is 6.37. The van der Waals surface area contributed by atoms with Crippen molar-refractivity contribution in [2.75, 3.05) is 5.32 Å². The number of hydrogen-bond donors (Lipinski definition) is 1. The van der Waals surface area contributed by atoms with Crippen molar-refractivity contribution in [1.82, 2.24) is 0 Å². The van der Waals surface area contributed by atoms with E-state index in [9.17, 15) is 0 Å². The van der Waals surface area contributed by atoms with Crippen molar-refractivity contribution in [2.24, 2.45) is 0 Å². The molecule has 0 amide bonds. The molecule has 1 N–H and O–H groups in total. The Morgan fingerprint density at radius 1 is 1.00 bits per heavy atom. The Morgan fingerprint density at radius 3 is 2.35 bits per heavy atom. The van der Waals surface area contributed by atoms with Crippen LogP contribution in [0.3, 0.4) is 0 Å². The first-order valence-corrected chi connectivity index (χ1v) is 7.74. The minimum atomic E-state index is 0.542. The quantitative estimate of drug-likeness (QED) is 0.712. The van der Waals surface area contributed by atoms with Crippen molar-refractivity contribution >= 4 is 40.5 Å². The van der Waals surface area contributed by atoms with Crippen molar-refractivity contribution in [3.63, 3.8) is 0 Å². The Bertz CT molecular complexity index is 612. The Kier molecular flexibility index (Phi) is 4.11. The van der Waals surface area contributed by atoms with E-state index in [4.69, 9.17) is 34.8 Å². The fraction of sp³-hybridized carbons (Fsp3) is 0.250. The molecule has 104 valence electrons. The van der Waals surface area contributed by atoms with Gasteiger partial charge in [-0.05, 0) is 42.0 Å². The van der Waals surface area contributed by atoms with Crippen molar-refractivity contribution in [3.05, 3.63) is 62.6 Å². The highest BCUT2D eigenvalue weighted by Gasteiger charge is 2.23. The summed E-state index contributed by atoms with van der Waals surface area (Å²) in [6.07, 6.45) is 2.62. The van der Waals surface area contributed by atoms with E-state index >= 15 is 0 Å². The number of nitrogens with one attached hydrogen (secondary N) is 1. The van der Waals surface area contributed by atoms with Gasteiger partial charge in [0, 0.05) is 11.6 Å². The van der Waals surface area contributed by atoms with E-state index < -0.39 is 0 Å². The van der Waals surface area contributed by atoms with Crippen LogP contribution in [0.2, 0.25) is 15.1 Å². The van der Waals surface area contributed by atoms with E-state index in [0.29, 0.717) is 21.6 Å². The average Bonchev–Trinajstić information content (AvgIpc) is 3.22. The number of anilines is 1. The Balaban J connectivity index is 1.74. The highest BCUT2D eigenvalue weighted by Crippen LogP contribution is 2.40. The lowest BCUT2D eigenvalue weighted by atomic mass is 10.1. The van der Waals surface area contributed by atoms with Crippen LogP contribution in [0.1, 0.15) is 29.9 Å². The van der Waals surface area contributed by atoms with Gasteiger partial charge in [0.25, 0.3) is 0 Å². The molecule has 1 saturated carbocycles. The molecule has 20 heavy (non-hydrogen) atoms. The Morgan fingerprint density at radius 2 is 1.70 bits per heavy atom. The second-order valence-electron chi connectivity index (χ2n) is 5.12. The molecule has 1 fully saturated rings. The van der Waals surface area contributed by atoms with Crippen molar-refractivity contribution in [3.8, 4) is 0 Å². The predicted molar refractivity (Wildman–Crippen MR) is 87.2 cm³/mol. The molecule has 0 radical (unpaired) electrons. The van der Waals surface area contributed by atoms with Gasteiger partial charge in [0.15, 0.2) is 0 Å². The van der Waals surface area contributed by atoms with Crippen LogP contribution >= 0.6 is 34.8 Å². The summed E-state index contributed by atoms with van der Waals surface area (Å²) in [5.41, 5.74) is 3.39. The largest absolute Gasteiger partial charge is 0.379 e. The molecule has 1 nitrogen and oxygen atoms in total. The molecular weight excluding hydrogens is 313 g/mol. The summed E-state index contributed by atoms with van der Waals surface area (Å²) >= 11 is 18.2. The highest BCUT2D eigenvalue weighted by atomic mass is 35.5. The Labute approximate surface area is 133 Å². The summed E-state index contributed by atoms with van der Waals surface area (Å²) < 4.78 is 0. The van der Waals surface area contributed by atoms with Gasteiger partial charge in [-0.15, -0.1) is 0 Å².